The van der Waals surface area contributed by atoms with Crippen LogP contribution in [0.4, 0.5) is 23.0 Å². The van der Waals surface area contributed by atoms with Gasteiger partial charge in [0.25, 0.3) is 0 Å². The largest absolute Gasteiger partial charge is 0.381 e. The number of nitrogens with zero attached hydrogens (tertiary/aromatic N) is 2. The van der Waals surface area contributed by atoms with Crippen LogP contribution in [0.1, 0.15) is 6.42 Å². The summed E-state index contributed by atoms with van der Waals surface area (Å²) in [7, 11) is 0. The molecular weight excluding hydrogens is 424 g/mol. The summed E-state index contributed by atoms with van der Waals surface area (Å²) in [4.78, 5) is 21.0. The molecule has 3 aromatic carbocycles. The van der Waals surface area contributed by atoms with Crippen molar-refractivity contribution in [3.05, 3.63) is 85.6 Å². The van der Waals surface area contributed by atoms with Crippen LogP contribution in [0.25, 0.3) is 22.0 Å². The van der Waals surface area contributed by atoms with Crippen LogP contribution in [0.15, 0.2) is 85.6 Å². The number of benzene rings is 3. The van der Waals surface area contributed by atoms with Gasteiger partial charge in [-0.05, 0) is 61.0 Å². The Bertz CT molecular complexity index is 1330. The summed E-state index contributed by atoms with van der Waals surface area (Å²) in [5, 5.41) is 14.0. The Kier molecular flexibility index (Phi) is 6.18. The van der Waals surface area contributed by atoms with E-state index in [1.165, 1.54) is 6.08 Å². The zero-order chi connectivity index (χ0) is 23.3. The van der Waals surface area contributed by atoms with Crippen LogP contribution in [0.5, 0.6) is 0 Å². The van der Waals surface area contributed by atoms with Crippen molar-refractivity contribution in [3.8, 4) is 11.1 Å². The molecule has 0 radical (unpaired) electrons. The van der Waals surface area contributed by atoms with E-state index in [0.29, 0.717) is 17.7 Å². The highest BCUT2D eigenvalue weighted by molar-refractivity contribution is 6.00. The number of rotatable bonds is 7. The number of aromatic nitrogens is 2. The Morgan fingerprint density at radius 2 is 1.85 bits per heavy atom. The highest BCUT2D eigenvalue weighted by atomic mass is 16.1. The second kappa shape index (κ2) is 9.72. The topological polar surface area (TPSA) is 91.0 Å². The van der Waals surface area contributed by atoms with Crippen LogP contribution in [-0.4, -0.2) is 35.0 Å². The smallest absolute Gasteiger partial charge is 0.247 e. The van der Waals surface area contributed by atoms with Gasteiger partial charge in [-0.3, -0.25) is 4.79 Å². The van der Waals surface area contributed by atoms with Gasteiger partial charge in [0.15, 0.2) is 0 Å². The molecule has 34 heavy (non-hydrogen) atoms. The molecule has 1 aliphatic rings. The standard InChI is InChI=1S/C27H26N6O/c1-2-25(34)31-22-7-3-5-18(15-22)24-8-4-6-19-16-29-27(33-26(19)24)32-21-11-9-20(10-12-21)30-23-13-14-28-17-23/h2-12,15-16,23,28,30H,1,13-14,17H2,(H,31,34)(H,29,32,33)/t23-/m0/s1. The van der Waals surface area contributed by atoms with Gasteiger partial charge in [-0.15, -0.1) is 0 Å². The van der Waals surface area contributed by atoms with Crippen LogP contribution in [-0.2, 0) is 4.79 Å². The van der Waals surface area contributed by atoms with Gasteiger partial charge >= 0.3 is 0 Å². The molecule has 0 unspecified atom stereocenters. The lowest BCUT2D eigenvalue weighted by Crippen LogP contribution is -2.21. The number of hydrogen-bond acceptors (Lipinski definition) is 6. The van der Waals surface area contributed by atoms with Crippen molar-refractivity contribution >= 4 is 39.8 Å². The fourth-order valence-corrected chi connectivity index (χ4v) is 4.10. The summed E-state index contributed by atoms with van der Waals surface area (Å²) in [6.07, 6.45) is 4.21. The highest BCUT2D eigenvalue weighted by Crippen LogP contribution is 2.30. The molecule has 4 N–H and O–H groups in total. The fraction of sp³-hybridized carbons (Fsp3) is 0.148. The molecule has 1 aliphatic heterocycles. The monoisotopic (exact) mass is 450 g/mol. The molecule has 4 aromatic rings. The summed E-state index contributed by atoms with van der Waals surface area (Å²) in [6, 6.07) is 22.3. The Morgan fingerprint density at radius 1 is 1.03 bits per heavy atom. The Hall–Kier alpha value is -4.23. The molecule has 2 heterocycles. The lowest BCUT2D eigenvalue weighted by Gasteiger charge is -2.14. The number of fused-ring (bicyclic) bond motifs is 1. The maximum atomic E-state index is 11.7. The summed E-state index contributed by atoms with van der Waals surface area (Å²) < 4.78 is 0. The van der Waals surface area contributed by atoms with E-state index in [1.54, 1.807) is 0 Å². The van der Waals surface area contributed by atoms with Crippen molar-refractivity contribution < 1.29 is 4.79 Å². The normalized spacial score (nSPS) is 15.1. The molecule has 0 spiro atoms. The van der Waals surface area contributed by atoms with Crippen LogP contribution in [0.3, 0.4) is 0 Å². The van der Waals surface area contributed by atoms with E-state index in [2.05, 4.69) is 45.0 Å². The maximum absolute atomic E-state index is 11.7. The van der Waals surface area contributed by atoms with Gasteiger partial charge in [0.1, 0.15) is 0 Å². The Balaban J connectivity index is 1.39. The SMILES string of the molecule is C=CC(=O)Nc1cccc(-c2cccc3cnc(Nc4ccc(N[C@H]5CCNC5)cc4)nc23)c1. The first kappa shape index (κ1) is 21.6. The van der Waals surface area contributed by atoms with Gasteiger partial charge in [-0.25, -0.2) is 9.97 Å². The van der Waals surface area contributed by atoms with E-state index in [0.717, 1.165) is 52.9 Å². The predicted octanol–water partition coefficient (Wildman–Crippen LogP) is 4.94. The molecular formula is C27H26N6O. The molecule has 7 nitrogen and oxygen atoms in total. The molecule has 5 rings (SSSR count). The minimum absolute atomic E-state index is 0.245. The predicted molar refractivity (Wildman–Crippen MR) is 138 cm³/mol. The van der Waals surface area contributed by atoms with Crippen molar-refractivity contribution in [3.63, 3.8) is 0 Å². The van der Waals surface area contributed by atoms with E-state index in [1.807, 2.05) is 60.8 Å². The van der Waals surface area contributed by atoms with Crippen LogP contribution in [0.2, 0.25) is 0 Å². The zero-order valence-corrected chi connectivity index (χ0v) is 18.7. The number of anilines is 4. The lowest BCUT2D eigenvalue weighted by atomic mass is 10.0. The lowest BCUT2D eigenvalue weighted by molar-refractivity contribution is -0.111. The number of carbonyl (C=O) groups is 1. The molecule has 0 bridgehead atoms. The molecule has 1 saturated heterocycles. The molecule has 0 saturated carbocycles. The summed E-state index contributed by atoms with van der Waals surface area (Å²) >= 11 is 0. The van der Waals surface area contributed by atoms with Crippen LogP contribution >= 0.6 is 0 Å². The van der Waals surface area contributed by atoms with Crippen LogP contribution < -0.4 is 21.3 Å². The van der Waals surface area contributed by atoms with Gasteiger partial charge in [0.05, 0.1) is 5.52 Å². The summed E-state index contributed by atoms with van der Waals surface area (Å²) in [5.41, 5.74) is 5.47. The average molecular weight is 451 g/mol. The molecule has 1 amide bonds. The molecule has 1 aromatic heterocycles. The maximum Gasteiger partial charge on any atom is 0.247 e. The molecule has 7 heteroatoms. The first-order valence-electron chi connectivity index (χ1n) is 11.3. The fourth-order valence-electron chi connectivity index (χ4n) is 4.10. The molecule has 1 atom stereocenters. The van der Waals surface area contributed by atoms with Gasteiger partial charge < -0.3 is 21.3 Å². The van der Waals surface area contributed by atoms with E-state index in [4.69, 9.17) is 4.98 Å². The summed E-state index contributed by atoms with van der Waals surface area (Å²) in [5.74, 6) is 0.279. The third kappa shape index (κ3) is 4.89. The van der Waals surface area contributed by atoms with Gasteiger partial charge in [-0.2, -0.15) is 0 Å². The molecule has 0 aliphatic carbocycles. The van der Waals surface area contributed by atoms with Gasteiger partial charge in [0, 0.05) is 46.8 Å². The quantitative estimate of drug-likeness (QED) is 0.298. The molecule has 1 fully saturated rings. The van der Waals surface area contributed by atoms with Crippen molar-refractivity contribution in [2.24, 2.45) is 0 Å². The van der Waals surface area contributed by atoms with Crippen molar-refractivity contribution in [2.45, 2.75) is 12.5 Å². The Labute approximate surface area is 198 Å². The molecule has 170 valence electrons. The minimum Gasteiger partial charge on any atom is -0.381 e. The van der Waals surface area contributed by atoms with Crippen molar-refractivity contribution in [2.75, 3.05) is 29.0 Å². The number of hydrogen-bond donors (Lipinski definition) is 4. The minimum atomic E-state index is -0.245. The van der Waals surface area contributed by atoms with Crippen LogP contribution in [0, 0.1) is 0 Å². The first-order chi connectivity index (χ1) is 16.7. The third-order valence-electron chi connectivity index (χ3n) is 5.81. The number of amides is 1. The number of nitrogens with one attached hydrogen (secondary N) is 4. The Morgan fingerprint density at radius 3 is 2.65 bits per heavy atom. The number of para-hydroxylation sites is 1. The summed E-state index contributed by atoms with van der Waals surface area (Å²) in [6.45, 7) is 5.57. The zero-order valence-electron chi connectivity index (χ0n) is 18.7. The average Bonchev–Trinajstić information content (AvgIpc) is 3.38. The first-order valence-corrected chi connectivity index (χ1v) is 11.3. The van der Waals surface area contributed by atoms with Gasteiger partial charge in [-0.1, -0.05) is 36.9 Å². The highest BCUT2D eigenvalue weighted by Gasteiger charge is 2.13. The number of carbonyl (C=O) groups excluding carboxylic acids is 1. The second-order valence-electron chi connectivity index (χ2n) is 8.25. The third-order valence-corrected chi connectivity index (χ3v) is 5.81. The van der Waals surface area contributed by atoms with Crippen molar-refractivity contribution in [1.82, 2.24) is 15.3 Å². The van der Waals surface area contributed by atoms with E-state index in [9.17, 15) is 4.79 Å². The van der Waals surface area contributed by atoms with E-state index < -0.39 is 0 Å². The van der Waals surface area contributed by atoms with Crippen molar-refractivity contribution in [1.29, 1.82) is 0 Å². The van der Waals surface area contributed by atoms with E-state index >= 15 is 0 Å². The van der Waals surface area contributed by atoms with E-state index in [-0.39, 0.29) is 5.91 Å². The second-order valence-corrected chi connectivity index (χ2v) is 8.25. The van der Waals surface area contributed by atoms with Gasteiger partial charge in [0.2, 0.25) is 11.9 Å².